The molecule has 6 heteroatoms. The Kier molecular flexibility index (Phi) is 5.99. The second kappa shape index (κ2) is 8.45. The Bertz CT molecular complexity index is 1030. The number of nitrogens with zero attached hydrogens (tertiary/aromatic N) is 1. The van der Waals surface area contributed by atoms with Crippen LogP contribution < -0.4 is 5.32 Å². The van der Waals surface area contributed by atoms with Crippen LogP contribution >= 0.6 is 11.6 Å². The van der Waals surface area contributed by atoms with Gasteiger partial charge in [-0.25, -0.2) is 9.78 Å². The highest BCUT2D eigenvalue weighted by Crippen LogP contribution is 2.27. The number of benzene rings is 2. The van der Waals surface area contributed by atoms with Gasteiger partial charge in [0.15, 0.2) is 0 Å². The number of nitrogens with one attached hydrogen (secondary N) is 1. The first-order valence-electron chi connectivity index (χ1n) is 9.10. The Labute approximate surface area is 174 Å². The van der Waals surface area contributed by atoms with Crippen LogP contribution in [0.5, 0.6) is 0 Å². The Morgan fingerprint density at radius 2 is 1.59 bits per heavy atom. The zero-order valence-electron chi connectivity index (χ0n) is 16.4. The lowest BCUT2D eigenvalue weighted by atomic mass is 9.98. The molecule has 1 amide bonds. The Hall–Kier alpha value is -3.18. The molecule has 2 aromatic carbocycles. The van der Waals surface area contributed by atoms with Gasteiger partial charge < -0.3 is 4.74 Å². The second-order valence-corrected chi connectivity index (χ2v) is 7.86. The molecule has 0 bridgehead atoms. The molecule has 0 radical (unpaired) electrons. The van der Waals surface area contributed by atoms with Crippen LogP contribution in [-0.2, 0) is 4.74 Å². The van der Waals surface area contributed by atoms with Crippen molar-refractivity contribution in [3.8, 4) is 11.1 Å². The average Bonchev–Trinajstić information content (AvgIpc) is 2.67. The van der Waals surface area contributed by atoms with E-state index in [0.717, 1.165) is 5.56 Å². The summed E-state index contributed by atoms with van der Waals surface area (Å²) < 4.78 is 5.27. The smallest absolute Gasteiger partial charge is 0.413 e. The average molecular weight is 409 g/mol. The minimum Gasteiger partial charge on any atom is -0.444 e. The van der Waals surface area contributed by atoms with Gasteiger partial charge in [-0.3, -0.25) is 10.1 Å². The molecule has 0 aliphatic carbocycles. The van der Waals surface area contributed by atoms with Crippen molar-refractivity contribution in [3.63, 3.8) is 0 Å². The molecule has 0 aliphatic rings. The number of carbonyl (C=O) groups excluding carboxylic acids is 2. The molecular formula is C23H21ClN2O3. The van der Waals surface area contributed by atoms with Gasteiger partial charge in [-0.05, 0) is 50.6 Å². The highest BCUT2D eigenvalue weighted by molar-refractivity contribution is 6.30. The number of hydrogen-bond donors (Lipinski definition) is 1. The van der Waals surface area contributed by atoms with Crippen LogP contribution in [0.1, 0.15) is 36.8 Å². The number of anilines is 1. The topological polar surface area (TPSA) is 68.3 Å². The fourth-order valence-electron chi connectivity index (χ4n) is 2.70. The molecule has 3 aromatic rings. The van der Waals surface area contributed by atoms with Crippen molar-refractivity contribution in [2.75, 3.05) is 5.32 Å². The molecule has 1 aromatic heterocycles. The van der Waals surface area contributed by atoms with Crippen LogP contribution in [0.25, 0.3) is 11.1 Å². The molecule has 1 N–H and O–H groups in total. The Morgan fingerprint density at radius 1 is 0.931 bits per heavy atom. The summed E-state index contributed by atoms with van der Waals surface area (Å²) in [5.41, 5.74) is 1.53. The monoisotopic (exact) mass is 408 g/mol. The van der Waals surface area contributed by atoms with Gasteiger partial charge in [0, 0.05) is 16.1 Å². The summed E-state index contributed by atoms with van der Waals surface area (Å²) in [4.78, 5) is 29.7. The second-order valence-electron chi connectivity index (χ2n) is 7.42. The number of ether oxygens (including phenoxy) is 1. The zero-order valence-corrected chi connectivity index (χ0v) is 17.2. The van der Waals surface area contributed by atoms with E-state index < -0.39 is 11.7 Å². The van der Waals surface area contributed by atoms with Crippen LogP contribution in [0.4, 0.5) is 10.6 Å². The van der Waals surface area contributed by atoms with E-state index in [1.165, 1.54) is 0 Å². The molecule has 0 aliphatic heterocycles. The summed E-state index contributed by atoms with van der Waals surface area (Å²) in [5, 5.41) is 3.19. The van der Waals surface area contributed by atoms with Crippen molar-refractivity contribution >= 4 is 29.3 Å². The van der Waals surface area contributed by atoms with Gasteiger partial charge in [-0.15, -0.1) is 0 Å². The van der Waals surface area contributed by atoms with Crippen molar-refractivity contribution in [2.24, 2.45) is 0 Å². The van der Waals surface area contributed by atoms with E-state index in [2.05, 4.69) is 10.3 Å². The number of ketones is 1. The molecule has 0 unspecified atom stereocenters. The SMILES string of the molecule is CC(C)(C)OC(=O)Nc1ccc(-c2ccc(Cl)cc2)c(C(=O)c2ccccc2)n1. The standard InChI is InChI=1S/C23H21ClN2O3/c1-23(2,3)29-22(28)26-19-14-13-18(15-9-11-17(24)12-10-15)20(25-19)21(27)16-7-5-4-6-8-16/h4-14H,1-3H3,(H,25,26,28). The van der Waals surface area contributed by atoms with Crippen LogP contribution in [0, 0.1) is 0 Å². The highest BCUT2D eigenvalue weighted by Gasteiger charge is 2.20. The summed E-state index contributed by atoms with van der Waals surface area (Å²) in [6.45, 7) is 5.32. The van der Waals surface area contributed by atoms with E-state index in [1.54, 1.807) is 69.3 Å². The van der Waals surface area contributed by atoms with E-state index in [9.17, 15) is 9.59 Å². The number of hydrogen-bond acceptors (Lipinski definition) is 4. The fraction of sp³-hybridized carbons (Fsp3) is 0.174. The van der Waals surface area contributed by atoms with Crippen molar-refractivity contribution < 1.29 is 14.3 Å². The van der Waals surface area contributed by atoms with Gasteiger partial charge in [-0.1, -0.05) is 54.1 Å². The maximum atomic E-state index is 13.1. The quantitative estimate of drug-likeness (QED) is 0.539. The number of rotatable bonds is 4. The normalized spacial score (nSPS) is 11.0. The first-order chi connectivity index (χ1) is 13.7. The molecule has 0 saturated heterocycles. The van der Waals surface area contributed by atoms with E-state index in [1.807, 2.05) is 18.2 Å². The molecule has 1 heterocycles. The summed E-state index contributed by atoms with van der Waals surface area (Å²) in [6.07, 6.45) is -0.637. The van der Waals surface area contributed by atoms with E-state index in [0.29, 0.717) is 16.1 Å². The van der Waals surface area contributed by atoms with Crippen LogP contribution in [0.15, 0.2) is 66.7 Å². The molecule has 0 spiro atoms. The van der Waals surface area contributed by atoms with E-state index >= 15 is 0 Å². The minimum absolute atomic E-state index is 0.229. The number of amides is 1. The predicted octanol–water partition coefficient (Wildman–Crippen LogP) is 5.98. The number of carbonyl (C=O) groups is 2. The Morgan fingerprint density at radius 3 is 2.21 bits per heavy atom. The zero-order chi connectivity index (χ0) is 21.0. The lowest BCUT2D eigenvalue weighted by Crippen LogP contribution is -2.27. The third-order valence-corrected chi connectivity index (χ3v) is 4.18. The van der Waals surface area contributed by atoms with Gasteiger partial charge in [0.2, 0.25) is 5.78 Å². The maximum Gasteiger partial charge on any atom is 0.413 e. The molecule has 148 valence electrons. The molecule has 3 rings (SSSR count). The van der Waals surface area contributed by atoms with Crippen molar-refractivity contribution in [1.82, 2.24) is 4.98 Å². The Balaban J connectivity index is 2.01. The first kappa shape index (κ1) is 20.6. The van der Waals surface area contributed by atoms with Crippen LogP contribution in [0.2, 0.25) is 5.02 Å². The molecule has 29 heavy (non-hydrogen) atoms. The van der Waals surface area contributed by atoms with Gasteiger partial charge in [0.25, 0.3) is 0 Å². The number of halogens is 1. The molecule has 0 atom stereocenters. The molecule has 0 fully saturated rings. The molecule has 5 nitrogen and oxygen atoms in total. The van der Waals surface area contributed by atoms with E-state index in [-0.39, 0.29) is 17.3 Å². The fourth-order valence-corrected chi connectivity index (χ4v) is 2.82. The third-order valence-electron chi connectivity index (χ3n) is 3.93. The number of pyridine rings is 1. The highest BCUT2D eigenvalue weighted by atomic mass is 35.5. The maximum absolute atomic E-state index is 13.1. The molecule has 0 saturated carbocycles. The third kappa shape index (κ3) is 5.42. The van der Waals surface area contributed by atoms with Gasteiger partial charge in [0.1, 0.15) is 17.1 Å². The number of aromatic nitrogens is 1. The van der Waals surface area contributed by atoms with Gasteiger partial charge in [0.05, 0.1) is 0 Å². The summed E-state index contributed by atoms with van der Waals surface area (Å²) in [7, 11) is 0. The lowest BCUT2D eigenvalue weighted by molar-refractivity contribution is 0.0635. The predicted molar refractivity (Wildman–Crippen MR) is 114 cm³/mol. The summed E-state index contributed by atoms with van der Waals surface area (Å²) >= 11 is 5.99. The lowest BCUT2D eigenvalue weighted by Gasteiger charge is -2.19. The van der Waals surface area contributed by atoms with Crippen LogP contribution in [-0.4, -0.2) is 22.5 Å². The summed E-state index contributed by atoms with van der Waals surface area (Å²) in [5.74, 6) is -0.0142. The van der Waals surface area contributed by atoms with Gasteiger partial charge >= 0.3 is 6.09 Å². The van der Waals surface area contributed by atoms with Crippen molar-refractivity contribution in [2.45, 2.75) is 26.4 Å². The largest absolute Gasteiger partial charge is 0.444 e. The van der Waals surface area contributed by atoms with Crippen molar-refractivity contribution in [3.05, 3.63) is 83.0 Å². The van der Waals surface area contributed by atoms with Crippen LogP contribution in [0.3, 0.4) is 0 Å². The molecular weight excluding hydrogens is 388 g/mol. The first-order valence-corrected chi connectivity index (χ1v) is 9.47. The van der Waals surface area contributed by atoms with E-state index in [4.69, 9.17) is 16.3 Å². The minimum atomic E-state index is -0.643. The summed E-state index contributed by atoms with van der Waals surface area (Å²) in [6, 6.07) is 19.4. The van der Waals surface area contributed by atoms with Gasteiger partial charge in [-0.2, -0.15) is 0 Å². The van der Waals surface area contributed by atoms with Crippen molar-refractivity contribution in [1.29, 1.82) is 0 Å².